The summed E-state index contributed by atoms with van der Waals surface area (Å²) in [5.41, 5.74) is -9.15. The van der Waals surface area contributed by atoms with E-state index >= 15 is 9.59 Å². The quantitative estimate of drug-likeness (QED) is 0.0278. The van der Waals surface area contributed by atoms with Gasteiger partial charge in [-0.25, -0.2) is 14.4 Å². The molecule has 6 rings (SSSR count). The first-order valence-electron chi connectivity index (χ1n) is 30.2. The van der Waals surface area contributed by atoms with Crippen LogP contribution in [0.4, 0.5) is 4.79 Å². The zero-order valence-electron chi connectivity index (χ0n) is 52.7. The Morgan fingerprint density at radius 2 is 1.47 bits per heavy atom. The third-order valence-corrected chi connectivity index (χ3v) is 17.2. The first-order valence-corrected chi connectivity index (χ1v) is 30.2. The maximum Gasteiger partial charge on any atom is 0.408 e. The number of ketones is 2. The maximum atomic E-state index is 15.3. The molecule has 12 atom stereocenters. The zero-order valence-corrected chi connectivity index (χ0v) is 52.7. The lowest BCUT2D eigenvalue weighted by Crippen LogP contribution is -2.81. The number of rotatable bonds is 28. The Bertz CT molecular complexity index is 3000. The number of benzene rings is 2. The van der Waals surface area contributed by atoms with E-state index in [4.69, 9.17) is 37.9 Å². The van der Waals surface area contributed by atoms with Crippen LogP contribution in [0.3, 0.4) is 0 Å². The van der Waals surface area contributed by atoms with E-state index in [2.05, 4.69) is 21.3 Å². The van der Waals surface area contributed by atoms with Crippen molar-refractivity contribution in [2.45, 2.75) is 180 Å². The van der Waals surface area contributed by atoms with E-state index in [1.54, 1.807) is 64.1 Å². The number of methoxy groups -OCH3 is 1. The number of hydrogen-bond donors (Lipinski definition) is 7. The summed E-state index contributed by atoms with van der Waals surface area (Å²) in [6.07, 6.45) is -12.4. The molecule has 0 aromatic heterocycles. The van der Waals surface area contributed by atoms with Gasteiger partial charge in [0.15, 0.2) is 17.2 Å². The molecule has 494 valence electrons. The molecule has 0 unspecified atom stereocenters. The lowest BCUT2D eigenvalue weighted by molar-refractivity contribution is -0.346. The summed E-state index contributed by atoms with van der Waals surface area (Å²) in [5, 5.41) is 48.6. The van der Waals surface area contributed by atoms with Gasteiger partial charge in [0.05, 0.1) is 55.2 Å². The van der Waals surface area contributed by atoms with Crippen molar-refractivity contribution >= 4 is 65.2 Å². The average molecular weight is 1260 g/mol. The van der Waals surface area contributed by atoms with Gasteiger partial charge in [-0.05, 0) is 89.6 Å². The van der Waals surface area contributed by atoms with E-state index < -0.39 is 160 Å². The fourth-order valence-corrected chi connectivity index (χ4v) is 12.6. The number of fused-ring (bicyclic) bond motifs is 5. The molecular weight excluding hydrogens is 1180 g/mol. The normalized spacial score (nSPS) is 25.9. The number of carbonyl (C=O) groups excluding carboxylic acids is 11. The van der Waals surface area contributed by atoms with Crippen molar-refractivity contribution in [1.29, 1.82) is 0 Å². The zero-order chi connectivity index (χ0) is 66.5. The molecule has 1 saturated heterocycles. The number of hydrogen-bond acceptors (Lipinski definition) is 22. The predicted octanol–water partition coefficient (Wildman–Crippen LogP) is 3.28. The van der Waals surface area contributed by atoms with E-state index in [1.807, 2.05) is 0 Å². The Hall–Kier alpha value is -7.65. The van der Waals surface area contributed by atoms with Crippen LogP contribution in [-0.4, -0.2) is 181 Å². The minimum Gasteiger partial charge on any atom is -0.466 e. The van der Waals surface area contributed by atoms with Crippen LogP contribution in [0.5, 0.6) is 0 Å². The Balaban J connectivity index is 1.23. The van der Waals surface area contributed by atoms with E-state index in [0.29, 0.717) is 12.8 Å². The van der Waals surface area contributed by atoms with Crippen molar-refractivity contribution in [3.63, 3.8) is 0 Å². The summed E-state index contributed by atoms with van der Waals surface area (Å²) in [7, 11) is 1.32. The minimum absolute atomic E-state index is 0.0161. The third-order valence-electron chi connectivity index (χ3n) is 17.2. The second kappa shape index (κ2) is 30.4. The maximum absolute atomic E-state index is 15.3. The van der Waals surface area contributed by atoms with Crippen LogP contribution in [0, 0.1) is 22.7 Å². The molecule has 2 aromatic rings. The molecule has 7 N–H and O–H groups in total. The number of ether oxygens (including phenoxy) is 8. The van der Waals surface area contributed by atoms with Crippen LogP contribution in [0.15, 0.2) is 71.8 Å². The minimum atomic E-state index is -2.50. The van der Waals surface area contributed by atoms with Gasteiger partial charge in [-0.2, -0.15) is 0 Å². The highest BCUT2D eigenvalue weighted by atomic mass is 16.6. The van der Waals surface area contributed by atoms with Crippen molar-refractivity contribution in [3.8, 4) is 0 Å². The topological polar surface area (TPSA) is 370 Å². The van der Waals surface area contributed by atoms with Crippen molar-refractivity contribution < 1.29 is 106 Å². The molecule has 26 nitrogen and oxygen atoms in total. The highest BCUT2D eigenvalue weighted by Gasteiger charge is 2.78. The van der Waals surface area contributed by atoms with Crippen molar-refractivity contribution in [3.05, 3.63) is 82.9 Å². The fourth-order valence-electron chi connectivity index (χ4n) is 12.6. The lowest BCUT2D eigenvalue weighted by atomic mass is 9.44. The van der Waals surface area contributed by atoms with Crippen LogP contribution in [-0.2, 0) is 81.0 Å². The van der Waals surface area contributed by atoms with Crippen molar-refractivity contribution in [1.82, 2.24) is 21.3 Å². The molecule has 3 fully saturated rings. The van der Waals surface area contributed by atoms with Crippen molar-refractivity contribution in [2.75, 3.05) is 46.6 Å². The summed E-state index contributed by atoms with van der Waals surface area (Å²) >= 11 is 0. The molecule has 0 radical (unpaired) electrons. The van der Waals surface area contributed by atoms with Gasteiger partial charge >= 0.3 is 35.9 Å². The molecule has 4 aliphatic rings. The molecule has 4 amide bonds. The molecule has 2 aromatic carbocycles. The van der Waals surface area contributed by atoms with Crippen LogP contribution < -0.4 is 21.3 Å². The van der Waals surface area contributed by atoms with E-state index in [-0.39, 0.29) is 93.8 Å². The number of unbranched alkanes of at least 4 members (excludes halogenated alkanes) is 1. The number of Topliss-reactive ketones (excluding diaryl/α,β-unsaturated/α-hetero) is 2. The summed E-state index contributed by atoms with van der Waals surface area (Å²) in [6, 6.07) is 14.1. The molecule has 3 aliphatic carbocycles. The van der Waals surface area contributed by atoms with Crippen LogP contribution in [0.2, 0.25) is 0 Å². The Morgan fingerprint density at radius 3 is 2.08 bits per heavy atom. The first kappa shape index (κ1) is 71.4. The number of aliphatic hydroxyl groups excluding tert-OH is 2. The monoisotopic (exact) mass is 1260 g/mol. The van der Waals surface area contributed by atoms with Crippen LogP contribution >= 0.6 is 0 Å². The van der Waals surface area contributed by atoms with Crippen LogP contribution in [0.1, 0.15) is 142 Å². The standard InChI is InChI=1S/C64H86N4O22/c1-11-84-56(78)40(29-41(70)32-66-46(73)33-67-47(74)34-83-10)25-18-19-28-65-45(72)26-20-27-48(75)87-52(50(38-21-14-12-15-22-38)68-59(81)90-60(4,5)6)58(80)86-42-31-64(82)55(88-57(79)39-23-16-13-17-24-39)53-62(9,54(77)51(76)49(36(42)2)61(64,7)8)43(71)30-44-63(53,35-85-44)89-37(3)69/h12-17,21-24,40,42-44,50-53,55,71,76,82H,11,18-20,25-35H2,1-10H3,(H,65,72)(H,66,73)(H,67,74)(H,68,81)/t40-,42+,43+,44-,50+,51-,52-,53+,55+,62-,63+,64-/m1/s1. The number of aliphatic hydroxyl groups is 3. The van der Waals surface area contributed by atoms with Gasteiger partial charge in [-0.1, -0.05) is 68.8 Å². The largest absolute Gasteiger partial charge is 0.466 e. The summed E-state index contributed by atoms with van der Waals surface area (Å²) in [6.45, 7) is 12.2. The van der Waals surface area contributed by atoms with Gasteiger partial charge in [0.2, 0.25) is 23.8 Å². The Kier molecular flexibility index (Phi) is 24.2. The lowest BCUT2D eigenvalue weighted by Gasteiger charge is -2.67. The molecule has 2 saturated carbocycles. The van der Waals surface area contributed by atoms with E-state index in [0.717, 1.165) is 6.92 Å². The SMILES string of the molecule is CCOC(=O)[C@H](CCCCNC(=O)CCCC(=O)O[C@@H](C(=O)O[C@H]1C[C@@]2(O)[C@@H](OC(=O)c3ccccc3)[C@@H]3[C@]4(OC(C)=O)CO[C@@H]4C[C@H](O)[C@@]3(C)C(=O)[C@H](O)C(=C1C)C2(C)C)[C@@H](NC(=O)OC(C)(C)C)c1ccccc1)CC(=O)CNC(=O)CNC(=O)COC. The summed E-state index contributed by atoms with van der Waals surface area (Å²) < 4.78 is 46.1. The predicted molar refractivity (Wildman–Crippen MR) is 316 cm³/mol. The van der Waals surface area contributed by atoms with Crippen molar-refractivity contribution in [2.24, 2.45) is 22.7 Å². The first-order chi connectivity index (χ1) is 42.3. The van der Waals surface area contributed by atoms with E-state index in [9.17, 15) is 58.5 Å². The van der Waals surface area contributed by atoms with Gasteiger partial charge in [0, 0.05) is 58.1 Å². The second-order valence-electron chi connectivity index (χ2n) is 24.9. The number of carbonyl (C=O) groups is 11. The van der Waals surface area contributed by atoms with Gasteiger partial charge in [0.25, 0.3) is 0 Å². The number of esters is 5. The molecule has 26 heteroatoms. The molecular formula is C64H86N4O22. The molecule has 1 aliphatic heterocycles. The van der Waals surface area contributed by atoms with Gasteiger partial charge in [-0.15, -0.1) is 0 Å². The highest BCUT2D eigenvalue weighted by Crippen LogP contribution is 2.64. The fraction of sp³-hybridized carbons (Fsp3) is 0.609. The number of amides is 4. The summed E-state index contributed by atoms with van der Waals surface area (Å²) in [4.78, 5) is 148. The van der Waals surface area contributed by atoms with Crippen LogP contribution in [0.25, 0.3) is 0 Å². The van der Waals surface area contributed by atoms with Gasteiger partial charge in [0.1, 0.15) is 48.3 Å². The Labute approximate surface area is 522 Å². The highest BCUT2D eigenvalue weighted by molar-refractivity contribution is 5.94. The molecule has 2 bridgehead atoms. The molecule has 0 spiro atoms. The Morgan fingerprint density at radius 1 is 0.811 bits per heavy atom. The summed E-state index contributed by atoms with van der Waals surface area (Å²) in [5.74, 6) is -10.3. The third kappa shape index (κ3) is 16.6. The smallest absolute Gasteiger partial charge is 0.408 e. The second-order valence-corrected chi connectivity index (χ2v) is 24.9. The molecule has 90 heavy (non-hydrogen) atoms. The average Bonchev–Trinajstić information content (AvgIpc) is 0.672. The van der Waals surface area contributed by atoms with E-state index in [1.165, 1.54) is 59.1 Å². The number of alkyl carbamates (subject to hydrolysis) is 1. The number of nitrogens with one attached hydrogen (secondary N) is 4. The molecule has 1 heterocycles. The van der Waals surface area contributed by atoms with Gasteiger partial charge in [-0.3, -0.25) is 38.4 Å². The van der Waals surface area contributed by atoms with Gasteiger partial charge < -0.3 is 74.5 Å².